The van der Waals surface area contributed by atoms with Gasteiger partial charge in [-0.3, -0.25) is 4.90 Å². The molecule has 0 aliphatic carbocycles. The maximum absolute atomic E-state index is 11.8. The SMILES string of the molecule is CCN1CCO[C@@H](CNC2CCCS(=O)(=O)C2)[C@@H]1c1cncn1C. The molecule has 1 N–H and O–H groups in total. The number of sulfone groups is 1. The smallest absolute Gasteiger partial charge is 0.151 e. The maximum Gasteiger partial charge on any atom is 0.151 e. The topological polar surface area (TPSA) is 76.5 Å². The van der Waals surface area contributed by atoms with E-state index in [-0.39, 0.29) is 23.9 Å². The molecule has 24 heavy (non-hydrogen) atoms. The van der Waals surface area contributed by atoms with Crippen LogP contribution in [-0.4, -0.2) is 72.8 Å². The minimum absolute atomic E-state index is 0.00118. The Labute approximate surface area is 144 Å². The Balaban J connectivity index is 1.69. The summed E-state index contributed by atoms with van der Waals surface area (Å²) in [6, 6.07) is 0.181. The molecule has 2 aliphatic heterocycles. The number of likely N-dealkylation sites (N-methyl/N-ethyl adjacent to an activating group) is 1. The summed E-state index contributed by atoms with van der Waals surface area (Å²) in [4.78, 5) is 6.66. The molecule has 8 heteroatoms. The number of imidazole rings is 1. The summed E-state index contributed by atoms with van der Waals surface area (Å²) in [5.74, 6) is 0.569. The van der Waals surface area contributed by atoms with Gasteiger partial charge in [0.05, 0.1) is 42.3 Å². The molecule has 0 aromatic carbocycles. The Hall–Kier alpha value is -0.960. The summed E-state index contributed by atoms with van der Waals surface area (Å²) in [5, 5.41) is 3.44. The fourth-order valence-corrected chi connectivity index (χ4v) is 5.48. The van der Waals surface area contributed by atoms with Gasteiger partial charge in [-0.05, 0) is 19.4 Å². The second-order valence-electron chi connectivity index (χ2n) is 6.77. The molecule has 3 heterocycles. The van der Waals surface area contributed by atoms with E-state index in [1.165, 1.54) is 0 Å². The van der Waals surface area contributed by atoms with Crippen LogP contribution in [0, 0.1) is 0 Å². The van der Waals surface area contributed by atoms with Crippen LogP contribution in [0.3, 0.4) is 0 Å². The molecule has 1 unspecified atom stereocenters. The van der Waals surface area contributed by atoms with Crippen LogP contribution in [0.25, 0.3) is 0 Å². The fourth-order valence-electron chi connectivity index (χ4n) is 3.81. The van der Waals surface area contributed by atoms with Gasteiger partial charge in [0.1, 0.15) is 0 Å². The largest absolute Gasteiger partial charge is 0.374 e. The summed E-state index contributed by atoms with van der Waals surface area (Å²) >= 11 is 0. The van der Waals surface area contributed by atoms with E-state index in [4.69, 9.17) is 4.74 Å². The first kappa shape index (κ1) is 17.8. The first-order chi connectivity index (χ1) is 11.5. The summed E-state index contributed by atoms with van der Waals surface area (Å²) < 4.78 is 31.7. The Bertz CT molecular complexity index is 646. The lowest BCUT2D eigenvalue weighted by atomic mass is 10.0. The molecule has 136 valence electrons. The quantitative estimate of drug-likeness (QED) is 0.820. The van der Waals surface area contributed by atoms with Crippen LogP contribution in [0.2, 0.25) is 0 Å². The lowest BCUT2D eigenvalue weighted by Gasteiger charge is -2.41. The van der Waals surface area contributed by atoms with Gasteiger partial charge in [0.25, 0.3) is 0 Å². The highest BCUT2D eigenvalue weighted by Gasteiger charge is 2.35. The zero-order chi connectivity index (χ0) is 17.2. The van der Waals surface area contributed by atoms with Crippen LogP contribution in [0.1, 0.15) is 31.5 Å². The summed E-state index contributed by atoms with van der Waals surface area (Å²) in [5.41, 5.74) is 1.14. The standard InChI is InChI=1S/C16H28N4O3S/c1-3-20-6-7-23-15(16(20)14-9-17-12-19(14)2)10-18-13-5-4-8-24(21,22)11-13/h9,12-13,15-16,18H,3-8,10-11H2,1-2H3/t13?,15-,16-/m0/s1. The summed E-state index contributed by atoms with van der Waals surface area (Å²) in [6.07, 6.45) is 5.38. The Kier molecular flexibility index (Phi) is 5.59. The van der Waals surface area contributed by atoms with Gasteiger partial charge >= 0.3 is 0 Å². The molecule has 3 rings (SSSR count). The summed E-state index contributed by atoms with van der Waals surface area (Å²) in [6.45, 7) is 5.38. The number of aryl methyl sites for hydroxylation is 1. The fraction of sp³-hybridized carbons (Fsp3) is 0.812. The van der Waals surface area contributed by atoms with Crippen LogP contribution in [0.15, 0.2) is 12.5 Å². The number of hydrogen-bond acceptors (Lipinski definition) is 6. The molecular weight excluding hydrogens is 328 g/mol. The van der Waals surface area contributed by atoms with E-state index in [9.17, 15) is 8.42 Å². The first-order valence-electron chi connectivity index (χ1n) is 8.76. The molecule has 0 radical (unpaired) electrons. The highest BCUT2D eigenvalue weighted by molar-refractivity contribution is 7.91. The number of aromatic nitrogens is 2. The van der Waals surface area contributed by atoms with Crippen molar-refractivity contribution in [1.29, 1.82) is 0 Å². The van der Waals surface area contributed by atoms with Crippen molar-refractivity contribution in [3.8, 4) is 0 Å². The van der Waals surface area contributed by atoms with Crippen LogP contribution >= 0.6 is 0 Å². The second-order valence-corrected chi connectivity index (χ2v) is 9.00. The predicted octanol–water partition coefficient (Wildman–Crippen LogP) is 0.349. The highest BCUT2D eigenvalue weighted by atomic mass is 32.2. The molecule has 7 nitrogen and oxygen atoms in total. The van der Waals surface area contributed by atoms with Crippen LogP contribution in [0.4, 0.5) is 0 Å². The van der Waals surface area contributed by atoms with Crippen LogP contribution < -0.4 is 5.32 Å². The van der Waals surface area contributed by atoms with Crippen molar-refractivity contribution in [2.75, 3.05) is 37.7 Å². The van der Waals surface area contributed by atoms with E-state index in [2.05, 4.69) is 22.1 Å². The average Bonchev–Trinajstić information content (AvgIpc) is 2.97. The van der Waals surface area contributed by atoms with Crippen molar-refractivity contribution in [2.45, 2.75) is 38.0 Å². The zero-order valence-corrected chi connectivity index (χ0v) is 15.3. The lowest BCUT2D eigenvalue weighted by molar-refractivity contribution is -0.0722. The van der Waals surface area contributed by atoms with Crippen molar-refractivity contribution < 1.29 is 13.2 Å². The van der Waals surface area contributed by atoms with Gasteiger partial charge in [0.2, 0.25) is 0 Å². The number of morpholine rings is 1. The number of ether oxygens (including phenoxy) is 1. The molecular formula is C16H28N4O3S. The maximum atomic E-state index is 11.8. The van der Waals surface area contributed by atoms with Gasteiger partial charge < -0.3 is 14.6 Å². The van der Waals surface area contributed by atoms with E-state index in [0.29, 0.717) is 18.9 Å². The van der Waals surface area contributed by atoms with E-state index >= 15 is 0 Å². The van der Waals surface area contributed by atoms with Crippen LogP contribution in [-0.2, 0) is 21.6 Å². The molecule has 2 aliphatic rings. The average molecular weight is 356 g/mol. The number of hydrogen-bond donors (Lipinski definition) is 1. The third-order valence-electron chi connectivity index (χ3n) is 5.09. The molecule has 0 spiro atoms. The van der Waals surface area contributed by atoms with E-state index in [1.807, 2.05) is 24.1 Å². The molecule has 2 saturated heterocycles. The molecule has 1 aromatic rings. The van der Waals surface area contributed by atoms with Crippen molar-refractivity contribution in [2.24, 2.45) is 7.05 Å². The van der Waals surface area contributed by atoms with Gasteiger partial charge in [-0.2, -0.15) is 0 Å². The molecule has 0 bridgehead atoms. The van der Waals surface area contributed by atoms with E-state index < -0.39 is 9.84 Å². The van der Waals surface area contributed by atoms with Gasteiger partial charge in [0.15, 0.2) is 9.84 Å². The highest BCUT2D eigenvalue weighted by Crippen LogP contribution is 2.29. The molecule has 1 aromatic heterocycles. The second kappa shape index (κ2) is 7.51. The van der Waals surface area contributed by atoms with Crippen molar-refractivity contribution in [3.05, 3.63) is 18.2 Å². The van der Waals surface area contributed by atoms with Crippen LogP contribution in [0.5, 0.6) is 0 Å². The van der Waals surface area contributed by atoms with Gasteiger partial charge in [-0.1, -0.05) is 6.92 Å². The van der Waals surface area contributed by atoms with Gasteiger partial charge in [-0.15, -0.1) is 0 Å². The van der Waals surface area contributed by atoms with Crippen molar-refractivity contribution in [1.82, 2.24) is 19.8 Å². The minimum Gasteiger partial charge on any atom is -0.374 e. The Morgan fingerprint density at radius 3 is 2.96 bits per heavy atom. The molecule has 3 atom stereocenters. The number of rotatable bonds is 5. The zero-order valence-electron chi connectivity index (χ0n) is 14.5. The Morgan fingerprint density at radius 1 is 1.46 bits per heavy atom. The third kappa shape index (κ3) is 3.99. The van der Waals surface area contributed by atoms with Crippen molar-refractivity contribution in [3.63, 3.8) is 0 Å². The minimum atomic E-state index is -2.89. The number of nitrogens with one attached hydrogen (secondary N) is 1. The predicted molar refractivity (Wildman–Crippen MR) is 92.6 cm³/mol. The molecule has 2 fully saturated rings. The first-order valence-corrected chi connectivity index (χ1v) is 10.6. The van der Waals surface area contributed by atoms with Crippen molar-refractivity contribution >= 4 is 9.84 Å². The van der Waals surface area contributed by atoms with E-state index in [0.717, 1.165) is 31.6 Å². The Morgan fingerprint density at radius 2 is 2.29 bits per heavy atom. The van der Waals surface area contributed by atoms with Gasteiger partial charge in [-0.25, -0.2) is 13.4 Å². The lowest BCUT2D eigenvalue weighted by Crippen LogP contribution is -2.52. The third-order valence-corrected chi connectivity index (χ3v) is 6.91. The molecule has 0 amide bonds. The number of nitrogens with zero attached hydrogens (tertiary/aromatic N) is 3. The molecule has 0 saturated carbocycles. The van der Waals surface area contributed by atoms with Gasteiger partial charge in [0, 0.05) is 32.4 Å². The summed E-state index contributed by atoms with van der Waals surface area (Å²) in [7, 11) is -0.889. The van der Waals surface area contributed by atoms with E-state index in [1.54, 1.807) is 0 Å². The monoisotopic (exact) mass is 356 g/mol. The normalized spacial score (nSPS) is 31.2.